The summed E-state index contributed by atoms with van der Waals surface area (Å²) in [4.78, 5) is 14.0. The van der Waals surface area contributed by atoms with Gasteiger partial charge in [-0.05, 0) is 61.5 Å². The molecule has 10 heteroatoms. The number of hydrogen-bond donors (Lipinski definition) is 2. The maximum Gasteiger partial charge on any atom is 0.493 e. The molecular weight excluding hydrogens is 485 g/mol. The Labute approximate surface area is 213 Å². The lowest BCUT2D eigenvalue weighted by Crippen LogP contribution is -2.33. The Morgan fingerprint density at radius 3 is 2.61 bits per heavy atom. The molecule has 5 rings (SSSR count). The van der Waals surface area contributed by atoms with Crippen molar-refractivity contribution >= 4 is 35.0 Å². The van der Waals surface area contributed by atoms with Gasteiger partial charge in [0, 0.05) is 59.7 Å². The van der Waals surface area contributed by atoms with Gasteiger partial charge < -0.3 is 14.9 Å². The summed E-state index contributed by atoms with van der Waals surface area (Å²) in [5.41, 5.74) is 2.83. The van der Waals surface area contributed by atoms with Crippen LogP contribution in [0.4, 0.5) is 8.78 Å². The van der Waals surface area contributed by atoms with Gasteiger partial charge in [-0.15, -0.1) is 0 Å². The van der Waals surface area contributed by atoms with E-state index < -0.39 is 24.5 Å². The first-order valence-corrected chi connectivity index (χ1v) is 12.1. The predicted octanol–water partition coefficient (Wildman–Crippen LogP) is 4.02. The Balaban J connectivity index is 0.000000233. The van der Waals surface area contributed by atoms with Crippen LogP contribution in [0.5, 0.6) is 0 Å². The van der Waals surface area contributed by atoms with Crippen LogP contribution in [0.2, 0.25) is 5.02 Å². The fourth-order valence-electron chi connectivity index (χ4n) is 4.30. The Hall–Kier alpha value is -2.98. The highest BCUT2D eigenvalue weighted by molar-refractivity contribution is 6.58. The molecule has 0 unspecified atom stereocenters. The van der Waals surface area contributed by atoms with Gasteiger partial charge in [-0.2, -0.15) is 13.8 Å². The molecular formula is C26H26BClF2N4O2. The minimum atomic E-state index is -1.96. The van der Waals surface area contributed by atoms with E-state index >= 15 is 0 Å². The summed E-state index contributed by atoms with van der Waals surface area (Å²) in [6, 6.07) is 13.1. The summed E-state index contributed by atoms with van der Waals surface area (Å²) in [5, 5.41) is 19.9. The fraction of sp³-hybridized carbons (Fsp3) is 0.269. The molecule has 0 radical (unpaired) electrons. The molecule has 4 heterocycles. The Morgan fingerprint density at radius 2 is 1.92 bits per heavy atom. The van der Waals surface area contributed by atoms with E-state index in [1.807, 2.05) is 12.3 Å². The molecule has 6 nitrogen and oxygen atoms in total. The Morgan fingerprint density at radius 1 is 1.08 bits per heavy atom. The van der Waals surface area contributed by atoms with E-state index in [2.05, 4.69) is 51.0 Å². The van der Waals surface area contributed by atoms with Gasteiger partial charge >= 0.3 is 7.12 Å². The van der Waals surface area contributed by atoms with Gasteiger partial charge in [0.15, 0.2) is 0 Å². The molecule has 1 fully saturated rings. The van der Waals surface area contributed by atoms with Crippen molar-refractivity contribution in [1.82, 2.24) is 19.9 Å². The topological polar surface area (TPSA) is 82.4 Å². The lowest BCUT2D eigenvalue weighted by molar-refractivity contribution is 0.271. The third-order valence-corrected chi connectivity index (χ3v) is 6.63. The molecule has 1 aliphatic heterocycles. The van der Waals surface area contributed by atoms with Crippen LogP contribution in [0.1, 0.15) is 25.5 Å². The summed E-state index contributed by atoms with van der Waals surface area (Å²) < 4.78 is 24.5. The van der Waals surface area contributed by atoms with Gasteiger partial charge in [-0.1, -0.05) is 29.8 Å². The fourth-order valence-corrected chi connectivity index (χ4v) is 4.53. The number of rotatable bonds is 5. The first-order valence-electron chi connectivity index (χ1n) is 11.7. The molecule has 36 heavy (non-hydrogen) atoms. The first kappa shape index (κ1) is 26.1. The van der Waals surface area contributed by atoms with Gasteiger partial charge in [0.2, 0.25) is 11.9 Å². The largest absolute Gasteiger partial charge is 0.493 e. The maximum absolute atomic E-state index is 12.4. The standard InChI is InChI=1S/C21H22ClN3.C5H4BF2NO2/c1-15-3-2-9-25(15)10-7-19-12-16-4-5-17(11-18(16)13-24-19)20-6-8-23-14-21(20)22;7-4-2-1-3(6(10)11)5(8)9-4/h4-6,8,11-15H,2-3,7,9-10H2,1H3;1-2,10-11H/t15-;/m1./s1. The highest BCUT2D eigenvalue weighted by Crippen LogP contribution is 2.29. The molecule has 186 valence electrons. The number of hydrogen-bond acceptors (Lipinski definition) is 6. The third-order valence-electron chi connectivity index (χ3n) is 6.33. The van der Waals surface area contributed by atoms with E-state index in [1.54, 1.807) is 12.4 Å². The molecule has 1 saturated heterocycles. The zero-order valence-electron chi connectivity index (χ0n) is 19.8. The molecule has 4 aromatic rings. The zero-order valence-corrected chi connectivity index (χ0v) is 20.5. The van der Waals surface area contributed by atoms with E-state index in [0.29, 0.717) is 11.1 Å². The number of benzene rings is 1. The maximum atomic E-state index is 12.4. The van der Waals surface area contributed by atoms with Crippen LogP contribution < -0.4 is 5.46 Å². The molecule has 3 aromatic heterocycles. The van der Waals surface area contributed by atoms with Gasteiger partial charge in [0.05, 0.1) is 5.02 Å². The number of likely N-dealkylation sites (tertiary alicyclic amines) is 1. The van der Waals surface area contributed by atoms with E-state index in [0.717, 1.165) is 41.6 Å². The molecule has 0 bridgehead atoms. The number of aromatic nitrogens is 3. The average molecular weight is 511 g/mol. The lowest BCUT2D eigenvalue weighted by Gasteiger charge is -2.20. The smallest absolute Gasteiger partial charge is 0.423 e. The van der Waals surface area contributed by atoms with Crippen molar-refractivity contribution in [1.29, 1.82) is 0 Å². The van der Waals surface area contributed by atoms with Gasteiger partial charge in [-0.3, -0.25) is 9.97 Å². The Kier molecular flexibility index (Phi) is 8.58. The SMILES string of the molecule is C[C@@H]1CCCN1CCc1cc2ccc(-c3ccncc3Cl)cc2cn1.OB(O)c1ccc(F)nc1F. The van der Waals surface area contributed by atoms with Crippen LogP contribution >= 0.6 is 11.6 Å². The Bertz CT molecular complexity index is 1340. The second-order valence-corrected chi connectivity index (χ2v) is 9.17. The van der Waals surface area contributed by atoms with Gasteiger partial charge in [0.1, 0.15) is 0 Å². The molecule has 2 N–H and O–H groups in total. The normalized spacial score (nSPS) is 15.6. The van der Waals surface area contributed by atoms with E-state index in [-0.39, 0.29) is 0 Å². The van der Waals surface area contributed by atoms with Crippen molar-refractivity contribution in [3.05, 3.63) is 83.7 Å². The minimum Gasteiger partial charge on any atom is -0.423 e. The molecule has 0 spiro atoms. The summed E-state index contributed by atoms with van der Waals surface area (Å²) in [5.74, 6) is -2.20. The molecule has 1 aliphatic rings. The van der Waals surface area contributed by atoms with E-state index in [4.69, 9.17) is 21.6 Å². The lowest BCUT2D eigenvalue weighted by atomic mass is 9.81. The zero-order chi connectivity index (χ0) is 25.7. The summed E-state index contributed by atoms with van der Waals surface area (Å²) >= 11 is 6.27. The second-order valence-electron chi connectivity index (χ2n) is 8.76. The van der Waals surface area contributed by atoms with Crippen LogP contribution in [-0.4, -0.2) is 56.1 Å². The van der Waals surface area contributed by atoms with Crippen molar-refractivity contribution in [2.24, 2.45) is 0 Å². The molecule has 0 saturated carbocycles. The van der Waals surface area contributed by atoms with Crippen LogP contribution in [0.3, 0.4) is 0 Å². The number of halogens is 3. The predicted molar refractivity (Wildman–Crippen MR) is 138 cm³/mol. The monoisotopic (exact) mass is 510 g/mol. The minimum absolute atomic E-state index is 0.439. The second kappa shape index (κ2) is 11.8. The van der Waals surface area contributed by atoms with Crippen LogP contribution in [0.15, 0.2) is 61.1 Å². The van der Waals surface area contributed by atoms with Crippen LogP contribution in [0.25, 0.3) is 21.9 Å². The van der Waals surface area contributed by atoms with E-state index in [1.165, 1.54) is 30.5 Å². The van der Waals surface area contributed by atoms with Crippen molar-refractivity contribution in [3.63, 3.8) is 0 Å². The molecule has 1 aromatic carbocycles. The summed E-state index contributed by atoms with van der Waals surface area (Å²) in [6.07, 6.45) is 9.10. The van der Waals surface area contributed by atoms with Crippen molar-refractivity contribution in [2.75, 3.05) is 13.1 Å². The summed E-state index contributed by atoms with van der Waals surface area (Å²) in [7, 11) is -1.96. The number of pyridine rings is 3. The highest BCUT2D eigenvalue weighted by Gasteiger charge is 2.19. The van der Waals surface area contributed by atoms with Crippen molar-refractivity contribution in [2.45, 2.75) is 32.2 Å². The molecule has 0 aliphatic carbocycles. The molecule has 0 amide bonds. The van der Waals surface area contributed by atoms with Gasteiger partial charge in [0.25, 0.3) is 0 Å². The van der Waals surface area contributed by atoms with Crippen LogP contribution in [-0.2, 0) is 6.42 Å². The highest BCUT2D eigenvalue weighted by atomic mass is 35.5. The van der Waals surface area contributed by atoms with Gasteiger partial charge in [-0.25, -0.2) is 0 Å². The number of nitrogens with zero attached hydrogens (tertiary/aromatic N) is 4. The van der Waals surface area contributed by atoms with Crippen molar-refractivity contribution in [3.8, 4) is 11.1 Å². The van der Waals surface area contributed by atoms with E-state index in [9.17, 15) is 8.78 Å². The molecule has 1 atom stereocenters. The third kappa shape index (κ3) is 6.42. The number of fused-ring (bicyclic) bond motifs is 1. The first-order chi connectivity index (χ1) is 17.3. The quantitative estimate of drug-likeness (QED) is 0.312. The average Bonchev–Trinajstić information content (AvgIpc) is 3.27. The van der Waals surface area contributed by atoms with Crippen molar-refractivity contribution < 1.29 is 18.8 Å². The van der Waals surface area contributed by atoms with Crippen LogP contribution in [0, 0.1) is 11.9 Å². The summed E-state index contributed by atoms with van der Waals surface area (Å²) in [6.45, 7) is 4.65.